The Kier molecular flexibility index (Phi) is 33.6. The zero-order chi connectivity index (χ0) is 83.6. The molecule has 8 nitrogen and oxygen atoms in total. The third-order valence-electron chi connectivity index (χ3n) is 27.6. The van der Waals surface area contributed by atoms with E-state index in [0.717, 1.165) is 35.5 Å². The van der Waals surface area contributed by atoms with E-state index in [1.807, 2.05) is 0 Å². The van der Waals surface area contributed by atoms with Crippen molar-refractivity contribution in [2.24, 2.45) is 0 Å². The van der Waals surface area contributed by atoms with Gasteiger partial charge < -0.3 is 37.9 Å². The first-order valence-corrected chi connectivity index (χ1v) is 49.4. The zero-order valence-corrected chi connectivity index (χ0v) is 75.9. The molecule has 15 aromatic carbocycles. The minimum Gasteiger partial charge on any atom is -0.491 e. The number of aryl methyl sites for hydroxylation is 2. The third-order valence-corrected chi connectivity index (χ3v) is 27.6. The second-order valence-corrected chi connectivity index (χ2v) is 36.9. The predicted octanol–water partition coefficient (Wildman–Crippen LogP) is 33.1. The van der Waals surface area contributed by atoms with Crippen LogP contribution in [0.15, 0.2) is 133 Å². The van der Waals surface area contributed by atoms with Crippen molar-refractivity contribution < 1.29 is 37.9 Å². The summed E-state index contributed by atoms with van der Waals surface area (Å²) in [6.07, 6.45) is 57.8. The van der Waals surface area contributed by atoms with E-state index in [-0.39, 0.29) is 12.2 Å². The van der Waals surface area contributed by atoms with Gasteiger partial charge in [-0.2, -0.15) is 0 Å². The molecule has 0 unspecified atom stereocenters. The number of methoxy groups -OCH3 is 2. The van der Waals surface area contributed by atoms with Gasteiger partial charge in [0, 0.05) is 14.2 Å². The molecule has 0 fully saturated rings. The second-order valence-electron chi connectivity index (χ2n) is 36.9. The standard InChI is InChI=1S/C114H146O8/c1-7-9-11-13-15-17-19-21-23-25-27-29-31-33-35-37-39-41-43-45-49-83-71-95-91-51-47-53-93-99-75-87(85-55-59-89(60-56-85)121-79-81(3)119-69-67-117-65-63-115-5)77-101-102-78-88(86-57-61-90(62-58-86)122-80-82(4)120-70-68-118-66-64-116-6)76-100-94-54-48-52-92-96-72-84(50-46-44-42-40-38-36-34-32-30-28-26-24-22-20-18-16-14-12-10-8-2)74-98-97(73-83)105(95)111-109(103(91)93)113(107(99)101)114(108(100)102)110(104(92)94)112(111)106(96)98/h47-48,51-62,71-78,81-82H,7-46,49-50,63-70,79-80H2,1-6H3/t81-,82-/m1/s1. The molecule has 0 heterocycles. The molecule has 0 aliphatic heterocycles. The first-order valence-electron chi connectivity index (χ1n) is 49.4. The van der Waals surface area contributed by atoms with E-state index in [9.17, 15) is 0 Å². The molecule has 0 aliphatic rings. The summed E-state index contributed by atoms with van der Waals surface area (Å²) in [6.45, 7) is 13.9. The molecule has 0 spiro atoms. The summed E-state index contributed by atoms with van der Waals surface area (Å²) in [6, 6.07) is 53.3. The highest BCUT2D eigenvalue weighted by Crippen LogP contribution is 2.61. The fourth-order valence-corrected chi connectivity index (χ4v) is 21.2. The van der Waals surface area contributed by atoms with Crippen LogP contribution in [0.1, 0.15) is 296 Å². The average molecular weight is 1640 g/mol. The van der Waals surface area contributed by atoms with Crippen LogP contribution in [0.3, 0.4) is 0 Å². The van der Waals surface area contributed by atoms with Crippen LogP contribution in [-0.2, 0) is 41.3 Å². The summed E-state index contributed by atoms with van der Waals surface area (Å²) in [7, 11) is 3.39. The highest BCUT2D eigenvalue weighted by Gasteiger charge is 2.33. The normalized spacial score (nSPS) is 13.0. The van der Waals surface area contributed by atoms with Crippen LogP contribution in [0.4, 0.5) is 0 Å². The van der Waals surface area contributed by atoms with Crippen molar-refractivity contribution in [3.63, 3.8) is 0 Å². The Labute approximate surface area is 730 Å². The van der Waals surface area contributed by atoms with Crippen molar-refractivity contribution >= 4 is 129 Å². The number of hydrogen-bond donors (Lipinski definition) is 0. The van der Waals surface area contributed by atoms with E-state index >= 15 is 0 Å². The second kappa shape index (κ2) is 46.0. The molecule has 0 N–H and O–H groups in total. The lowest BCUT2D eigenvalue weighted by Gasteiger charge is -2.30. The highest BCUT2D eigenvalue weighted by atomic mass is 16.6. The SMILES string of the molecule is CCCCCCCCCCCCCCCCCCCCCCc1cc2c3cccc4c5cc(-c6ccc(OC[C@@H](C)OCCOCCOC)cc6)cc6c7cc(-c8ccc(OC[C@@H](C)OCCOCCOC)cc8)cc8c9cccc%10c%11cc(CCCCCCCCCCCCCCCCCCCCCC)cc%12c(c1)c2c1c(c34)c(c56)c(c87)c(c%109)c1c%11%12. The Morgan fingerprint density at radius 3 is 0.721 bits per heavy atom. The summed E-state index contributed by atoms with van der Waals surface area (Å²) in [5, 5.41) is 33.5. The fraction of sp³-hybridized carbons (Fsp3) is 0.526. The molecule has 15 aromatic rings. The Morgan fingerprint density at radius 2 is 0.451 bits per heavy atom. The quantitative estimate of drug-likeness (QED) is 0.0212. The van der Waals surface area contributed by atoms with Crippen LogP contribution in [0.25, 0.3) is 152 Å². The maximum Gasteiger partial charge on any atom is 0.119 e. The van der Waals surface area contributed by atoms with Crippen LogP contribution in [0.5, 0.6) is 11.5 Å². The lowest BCUT2D eigenvalue weighted by molar-refractivity contribution is -0.0144. The van der Waals surface area contributed by atoms with Gasteiger partial charge in [-0.05, 0) is 251 Å². The van der Waals surface area contributed by atoms with E-state index in [1.165, 1.54) is 408 Å². The summed E-state index contributed by atoms with van der Waals surface area (Å²) >= 11 is 0. The Morgan fingerprint density at radius 1 is 0.221 bits per heavy atom. The molecule has 0 amide bonds. The number of ether oxygens (including phenoxy) is 8. The molecule has 0 aromatic heterocycles. The van der Waals surface area contributed by atoms with Crippen LogP contribution < -0.4 is 9.47 Å². The molecular formula is C114H146O8. The summed E-state index contributed by atoms with van der Waals surface area (Å²) in [5.74, 6) is 1.64. The summed E-state index contributed by atoms with van der Waals surface area (Å²) in [5.41, 5.74) is 7.66. The number of hydrogen-bond acceptors (Lipinski definition) is 8. The number of unbranched alkanes of at least 4 members (excludes halogenated alkanes) is 38. The van der Waals surface area contributed by atoms with E-state index in [2.05, 4.69) is 161 Å². The molecule has 122 heavy (non-hydrogen) atoms. The Bertz CT molecular complexity index is 5220. The van der Waals surface area contributed by atoms with Gasteiger partial charge in [-0.1, -0.05) is 343 Å². The van der Waals surface area contributed by atoms with Gasteiger partial charge in [0.25, 0.3) is 0 Å². The van der Waals surface area contributed by atoms with Crippen molar-refractivity contribution in [1.82, 2.24) is 0 Å². The number of fused-ring (bicyclic) bond motifs is 6. The van der Waals surface area contributed by atoms with Crippen LogP contribution in [0, 0.1) is 0 Å². The Balaban J connectivity index is 0.761. The van der Waals surface area contributed by atoms with E-state index in [1.54, 1.807) is 14.2 Å². The van der Waals surface area contributed by atoms with E-state index < -0.39 is 0 Å². The van der Waals surface area contributed by atoms with Gasteiger partial charge in [0.15, 0.2) is 0 Å². The fourth-order valence-electron chi connectivity index (χ4n) is 21.2. The van der Waals surface area contributed by atoms with Crippen molar-refractivity contribution in [2.45, 2.75) is 310 Å². The molecule has 8 heteroatoms. The van der Waals surface area contributed by atoms with Crippen molar-refractivity contribution in [3.8, 4) is 33.8 Å². The summed E-state index contributed by atoms with van der Waals surface area (Å²) < 4.78 is 46.8. The highest BCUT2D eigenvalue weighted by molar-refractivity contribution is 6.61. The first-order chi connectivity index (χ1) is 60.3. The molecule has 2 atom stereocenters. The smallest absolute Gasteiger partial charge is 0.119 e. The first kappa shape index (κ1) is 89.2. The third kappa shape index (κ3) is 21.5. The predicted molar refractivity (Wildman–Crippen MR) is 525 cm³/mol. The van der Waals surface area contributed by atoms with E-state index in [4.69, 9.17) is 37.9 Å². The van der Waals surface area contributed by atoms with Crippen LogP contribution in [0.2, 0.25) is 0 Å². The molecule has 0 saturated carbocycles. The van der Waals surface area contributed by atoms with Gasteiger partial charge in [0.1, 0.15) is 24.7 Å². The summed E-state index contributed by atoms with van der Waals surface area (Å²) in [4.78, 5) is 0. The van der Waals surface area contributed by atoms with Crippen LogP contribution >= 0.6 is 0 Å². The largest absolute Gasteiger partial charge is 0.491 e. The van der Waals surface area contributed by atoms with Gasteiger partial charge in [-0.25, -0.2) is 0 Å². The zero-order valence-electron chi connectivity index (χ0n) is 75.9. The average Bonchev–Trinajstić information content (AvgIpc) is 0.642. The van der Waals surface area contributed by atoms with Gasteiger partial charge in [0.2, 0.25) is 0 Å². The molecule has 650 valence electrons. The van der Waals surface area contributed by atoms with Crippen molar-refractivity contribution in [2.75, 3.05) is 80.3 Å². The lowest BCUT2D eigenvalue weighted by Crippen LogP contribution is -2.20. The molecule has 0 saturated heterocycles. The number of benzene rings is 15. The minimum absolute atomic E-state index is 0.0988. The van der Waals surface area contributed by atoms with Crippen molar-refractivity contribution in [1.29, 1.82) is 0 Å². The van der Waals surface area contributed by atoms with Gasteiger partial charge in [-0.3, -0.25) is 0 Å². The molecule has 0 bridgehead atoms. The minimum atomic E-state index is -0.0988. The van der Waals surface area contributed by atoms with Crippen LogP contribution in [-0.4, -0.2) is 92.5 Å². The van der Waals surface area contributed by atoms with E-state index in [0.29, 0.717) is 66.1 Å². The molecular weight excluding hydrogens is 1500 g/mol. The number of rotatable bonds is 64. The van der Waals surface area contributed by atoms with Crippen molar-refractivity contribution in [3.05, 3.63) is 145 Å². The lowest BCUT2D eigenvalue weighted by atomic mass is 9.72. The van der Waals surface area contributed by atoms with Gasteiger partial charge >= 0.3 is 0 Å². The topological polar surface area (TPSA) is 73.8 Å². The molecule has 0 radical (unpaired) electrons. The molecule has 15 rings (SSSR count). The maximum absolute atomic E-state index is 6.45. The molecule has 0 aliphatic carbocycles. The van der Waals surface area contributed by atoms with Gasteiger partial charge in [-0.15, -0.1) is 0 Å². The Hall–Kier alpha value is -7.66. The monoisotopic (exact) mass is 1640 g/mol. The van der Waals surface area contributed by atoms with Gasteiger partial charge in [0.05, 0.1) is 65.1 Å². The maximum atomic E-state index is 6.45.